The third-order valence-corrected chi connectivity index (χ3v) is 8.77. The van der Waals surface area contributed by atoms with Gasteiger partial charge in [-0.3, -0.25) is 19.3 Å². The number of thioether (sulfide) groups is 1. The van der Waals surface area contributed by atoms with Gasteiger partial charge in [-0.25, -0.2) is 19.0 Å². The number of nitrogens with two attached hydrogens (primary N) is 1. The maximum Gasteiger partial charge on any atom is 0.491 e. The standard InChI is InChI=1S/C26H20F4N6O7S2/c27-14-3-1-2-11(6-14)8-35-5-4-12(20(35)38)7-13-9-44-22-17(33-19(37)16(34-42)15-10-45-25(31)32-15)21(39)36(22)18(13)23(40)43-24(41)26(28,29)30/h1-3,6-7,10,17,22,42H,4-5,8-9H2,(H2,31,32)(H,33,37)/b12-7+,34-16-/t17-,22-/m1/s1. The monoisotopic (exact) mass is 668 g/mol. The maximum absolute atomic E-state index is 13.6. The SMILES string of the molecule is Nc1nc(/C(=N/O)C(=O)N[C@@H]2C(=O)N3C(C(=O)OC(=O)C(F)(F)F)=C(/C=C4\CCN(Cc5cccc(F)c5)C4=O)CS[C@H]23)cs1. The van der Waals surface area contributed by atoms with Gasteiger partial charge in [0.2, 0.25) is 5.91 Å². The predicted molar refractivity (Wildman–Crippen MR) is 149 cm³/mol. The van der Waals surface area contributed by atoms with Crippen LogP contribution in [0.25, 0.3) is 0 Å². The van der Waals surface area contributed by atoms with Crippen LogP contribution in [-0.2, 0) is 35.3 Å². The lowest BCUT2D eigenvalue weighted by Crippen LogP contribution is -2.71. The summed E-state index contributed by atoms with van der Waals surface area (Å²) in [7, 11) is 0. The van der Waals surface area contributed by atoms with Gasteiger partial charge >= 0.3 is 18.1 Å². The Hall–Kier alpha value is -4.78. The van der Waals surface area contributed by atoms with Gasteiger partial charge in [-0.2, -0.15) is 13.2 Å². The van der Waals surface area contributed by atoms with Crippen LogP contribution >= 0.6 is 23.1 Å². The Bertz CT molecular complexity index is 1710. The lowest BCUT2D eigenvalue weighted by molar-refractivity contribution is -0.201. The second kappa shape index (κ2) is 12.3. The highest BCUT2D eigenvalue weighted by Crippen LogP contribution is 2.42. The van der Waals surface area contributed by atoms with Crippen molar-refractivity contribution in [1.82, 2.24) is 20.1 Å². The highest BCUT2D eigenvalue weighted by Gasteiger charge is 2.55. The number of oxime groups is 1. The van der Waals surface area contributed by atoms with E-state index in [-0.39, 0.29) is 47.2 Å². The molecule has 2 fully saturated rings. The fourth-order valence-electron chi connectivity index (χ4n) is 4.77. The number of halogens is 4. The van der Waals surface area contributed by atoms with Crippen molar-refractivity contribution in [2.24, 2.45) is 5.16 Å². The number of nitrogens with one attached hydrogen (secondary N) is 1. The lowest BCUT2D eigenvalue weighted by Gasteiger charge is -2.49. The predicted octanol–water partition coefficient (Wildman–Crippen LogP) is 1.69. The Kier molecular flexibility index (Phi) is 8.66. The Labute approximate surface area is 258 Å². The smallest absolute Gasteiger partial charge is 0.410 e. The first-order valence-electron chi connectivity index (χ1n) is 12.8. The van der Waals surface area contributed by atoms with E-state index in [0.717, 1.165) is 28.0 Å². The lowest BCUT2D eigenvalue weighted by atomic mass is 10.0. The Morgan fingerprint density at radius 1 is 1.27 bits per heavy atom. The zero-order valence-corrected chi connectivity index (χ0v) is 24.2. The molecule has 45 heavy (non-hydrogen) atoms. The number of aromatic nitrogens is 1. The Balaban J connectivity index is 1.40. The molecule has 0 unspecified atom stereocenters. The first-order chi connectivity index (χ1) is 21.3. The summed E-state index contributed by atoms with van der Waals surface area (Å²) < 4.78 is 56.4. The van der Waals surface area contributed by atoms with E-state index in [9.17, 15) is 46.7 Å². The summed E-state index contributed by atoms with van der Waals surface area (Å²) in [6.45, 7) is 0.282. The maximum atomic E-state index is 13.6. The number of hydrogen-bond acceptors (Lipinski definition) is 12. The molecular formula is C26H20F4N6O7S2. The van der Waals surface area contributed by atoms with Crippen LogP contribution in [0.2, 0.25) is 0 Å². The average Bonchev–Trinajstić information content (AvgIpc) is 3.56. The van der Waals surface area contributed by atoms with E-state index < -0.39 is 64.5 Å². The molecule has 2 saturated heterocycles. The molecule has 1 aromatic carbocycles. The van der Waals surface area contributed by atoms with Crippen molar-refractivity contribution >= 4 is 63.6 Å². The minimum absolute atomic E-state index is 0.0638. The molecule has 236 valence electrons. The molecular weight excluding hydrogens is 648 g/mol. The van der Waals surface area contributed by atoms with Crippen LogP contribution in [0.5, 0.6) is 0 Å². The van der Waals surface area contributed by atoms with Crippen molar-refractivity contribution in [3.63, 3.8) is 0 Å². The van der Waals surface area contributed by atoms with Gasteiger partial charge in [0.15, 0.2) is 10.8 Å². The first-order valence-corrected chi connectivity index (χ1v) is 14.7. The van der Waals surface area contributed by atoms with Crippen LogP contribution in [-0.4, -0.2) is 85.3 Å². The fourth-order valence-corrected chi connectivity index (χ4v) is 6.62. The van der Waals surface area contributed by atoms with Crippen LogP contribution in [0.4, 0.5) is 22.7 Å². The Morgan fingerprint density at radius 2 is 2.02 bits per heavy atom. The van der Waals surface area contributed by atoms with Crippen molar-refractivity contribution in [3.8, 4) is 0 Å². The van der Waals surface area contributed by atoms with Crippen molar-refractivity contribution < 1.29 is 51.5 Å². The van der Waals surface area contributed by atoms with Crippen molar-refractivity contribution in [2.45, 2.75) is 30.6 Å². The largest absolute Gasteiger partial charge is 0.491 e. The fraction of sp³-hybridized carbons (Fsp3) is 0.269. The summed E-state index contributed by atoms with van der Waals surface area (Å²) in [6.07, 6.45) is -4.12. The number of anilines is 1. The molecule has 3 aliphatic heterocycles. The van der Waals surface area contributed by atoms with Crippen LogP contribution < -0.4 is 11.1 Å². The molecule has 3 amide bonds. The van der Waals surface area contributed by atoms with Crippen molar-refractivity contribution in [3.05, 3.63) is 69.6 Å². The molecule has 0 bridgehead atoms. The van der Waals surface area contributed by atoms with Gasteiger partial charge in [-0.05, 0) is 35.8 Å². The third kappa shape index (κ3) is 6.39. The number of likely N-dealkylation sites (tertiary alicyclic amines) is 1. The number of ether oxygens (including phenoxy) is 1. The molecule has 5 rings (SSSR count). The summed E-state index contributed by atoms with van der Waals surface area (Å²) in [5.74, 6) is -7.72. The molecule has 0 radical (unpaired) electrons. The summed E-state index contributed by atoms with van der Waals surface area (Å²) in [6, 6.07) is 4.27. The highest BCUT2D eigenvalue weighted by molar-refractivity contribution is 8.00. The number of nitrogen functional groups attached to an aromatic ring is 1. The van der Waals surface area contributed by atoms with Gasteiger partial charge in [0, 0.05) is 29.8 Å². The number of benzene rings is 1. The number of carbonyl (C=O) groups excluding carboxylic acids is 5. The van der Waals surface area contributed by atoms with E-state index in [2.05, 4.69) is 20.2 Å². The number of amides is 3. The minimum atomic E-state index is -5.52. The minimum Gasteiger partial charge on any atom is -0.410 e. The van der Waals surface area contributed by atoms with Crippen LogP contribution in [0.3, 0.4) is 0 Å². The van der Waals surface area contributed by atoms with Crippen molar-refractivity contribution in [2.75, 3.05) is 18.0 Å². The topological polar surface area (TPSA) is 185 Å². The normalized spacial score (nSPS) is 21.2. The van der Waals surface area contributed by atoms with E-state index in [1.807, 2.05) is 0 Å². The quantitative estimate of drug-likeness (QED) is 0.0574. The van der Waals surface area contributed by atoms with E-state index in [0.29, 0.717) is 5.56 Å². The average molecular weight is 669 g/mol. The zero-order valence-electron chi connectivity index (χ0n) is 22.5. The highest BCUT2D eigenvalue weighted by atomic mass is 32.2. The molecule has 1 aromatic heterocycles. The molecule has 0 saturated carbocycles. The number of rotatable bonds is 7. The van der Waals surface area contributed by atoms with Gasteiger partial charge in [0.1, 0.15) is 28.6 Å². The molecule has 3 aliphatic rings. The van der Waals surface area contributed by atoms with Gasteiger partial charge in [-0.1, -0.05) is 17.3 Å². The summed E-state index contributed by atoms with van der Waals surface area (Å²) in [4.78, 5) is 69.5. The van der Waals surface area contributed by atoms with E-state index in [4.69, 9.17) is 5.73 Å². The molecule has 0 spiro atoms. The van der Waals surface area contributed by atoms with Gasteiger partial charge < -0.3 is 25.9 Å². The van der Waals surface area contributed by atoms with Gasteiger partial charge in [0.25, 0.3) is 11.8 Å². The number of β-lactam (4-membered cyclic amide) rings is 1. The second-order valence-electron chi connectivity index (χ2n) is 9.71. The zero-order chi connectivity index (χ0) is 32.6. The number of thiazole rings is 1. The first kappa shape index (κ1) is 31.6. The molecule has 13 nitrogen and oxygen atoms in total. The van der Waals surface area contributed by atoms with Crippen LogP contribution in [0, 0.1) is 5.82 Å². The molecule has 4 N–H and O–H groups in total. The van der Waals surface area contributed by atoms with E-state index in [1.165, 1.54) is 34.6 Å². The number of nitrogens with zero attached hydrogens (tertiary/aromatic N) is 4. The number of allylic oxidation sites excluding steroid dienone is 1. The number of fused-ring (bicyclic) bond motifs is 1. The summed E-state index contributed by atoms with van der Waals surface area (Å²) in [5.41, 5.74) is 4.76. The molecule has 0 aliphatic carbocycles. The van der Waals surface area contributed by atoms with E-state index >= 15 is 0 Å². The van der Waals surface area contributed by atoms with Crippen LogP contribution in [0.1, 0.15) is 17.7 Å². The molecule has 19 heteroatoms. The van der Waals surface area contributed by atoms with Gasteiger partial charge in [-0.15, -0.1) is 23.1 Å². The summed E-state index contributed by atoms with van der Waals surface area (Å²) in [5, 5.41) is 14.9. The summed E-state index contributed by atoms with van der Waals surface area (Å²) >= 11 is 1.95. The number of carbonyl (C=O) groups is 5. The van der Waals surface area contributed by atoms with Crippen LogP contribution in [0.15, 0.2) is 57.7 Å². The third-order valence-electron chi connectivity index (χ3n) is 6.80. The number of alkyl halides is 3. The second-order valence-corrected chi connectivity index (χ2v) is 11.7. The van der Waals surface area contributed by atoms with Gasteiger partial charge in [0.05, 0.1) is 0 Å². The Morgan fingerprint density at radius 3 is 2.67 bits per heavy atom. The van der Waals surface area contributed by atoms with E-state index in [1.54, 1.807) is 6.07 Å². The van der Waals surface area contributed by atoms with Crippen molar-refractivity contribution in [1.29, 1.82) is 0 Å². The number of esters is 2. The molecule has 2 aromatic rings. The molecule has 2 atom stereocenters. The molecule has 4 heterocycles. The number of hydrogen-bond donors (Lipinski definition) is 3.